The Hall–Kier alpha value is -0.0400. The van der Waals surface area contributed by atoms with E-state index in [4.69, 9.17) is 0 Å². The smallest absolute Gasteiger partial charge is 0.0194 e. The fourth-order valence-electron chi connectivity index (χ4n) is 9.09. The van der Waals surface area contributed by atoms with E-state index in [2.05, 4.69) is 5.32 Å². The van der Waals surface area contributed by atoms with Crippen molar-refractivity contribution in [3.05, 3.63) is 0 Å². The molecular formula is C20H31N. The molecular weight excluding hydrogens is 254 g/mol. The van der Waals surface area contributed by atoms with E-state index in [0.29, 0.717) is 11.1 Å². The molecule has 116 valence electrons. The van der Waals surface area contributed by atoms with E-state index in [0.717, 1.165) is 35.5 Å². The predicted molar refractivity (Wildman–Crippen MR) is 84.9 cm³/mol. The van der Waals surface area contributed by atoms with Crippen LogP contribution < -0.4 is 5.32 Å². The summed E-state index contributed by atoms with van der Waals surface area (Å²) in [5, 5.41) is 4.47. The van der Waals surface area contributed by atoms with Crippen LogP contribution in [0.4, 0.5) is 0 Å². The Morgan fingerprint density at radius 3 is 0.905 bits per heavy atom. The Morgan fingerprint density at radius 2 is 0.667 bits per heavy atom. The number of hydrogen-bond donors (Lipinski definition) is 1. The lowest BCUT2D eigenvalue weighted by atomic mass is 9.49. The number of nitrogens with one attached hydrogen (secondary N) is 1. The lowest BCUT2D eigenvalue weighted by Crippen LogP contribution is -2.68. The maximum Gasteiger partial charge on any atom is 0.0194 e. The molecule has 0 atom stereocenters. The summed E-state index contributed by atoms with van der Waals surface area (Å²) in [7, 11) is 0. The predicted octanol–water partition coefficient (Wildman–Crippen LogP) is 4.51. The van der Waals surface area contributed by atoms with E-state index in [1.54, 1.807) is 77.0 Å². The standard InChI is InChI=1S/C20H31N/c1-13-2-15-3-14(1)8-19(7-13,9-15)21-20-10-16-4-17(11-20)6-18(5-16)12-20/h13-18,21H,1-12H2. The fourth-order valence-corrected chi connectivity index (χ4v) is 9.09. The molecule has 8 fully saturated rings. The van der Waals surface area contributed by atoms with Crippen molar-refractivity contribution < 1.29 is 0 Å². The molecule has 1 N–H and O–H groups in total. The minimum atomic E-state index is 0.598. The van der Waals surface area contributed by atoms with Gasteiger partial charge in [-0.2, -0.15) is 0 Å². The van der Waals surface area contributed by atoms with Gasteiger partial charge in [0.25, 0.3) is 0 Å². The van der Waals surface area contributed by atoms with Gasteiger partial charge in [-0.15, -0.1) is 0 Å². The zero-order valence-electron chi connectivity index (χ0n) is 13.4. The first kappa shape index (κ1) is 12.4. The molecule has 0 amide bonds. The molecule has 0 spiro atoms. The van der Waals surface area contributed by atoms with E-state index < -0.39 is 0 Å². The summed E-state index contributed by atoms with van der Waals surface area (Å²) >= 11 is 0. The molecule has 1 nitrogen and oxygen atoms in total. The van der Waals surface area contributed by atoms with Crippen LogP contribution in [-0.4, -0.2) is 11.1 Å². The fraction of sp³-hybridized carbons (Fsp3) is 1.00. The van der Waals surface area contributed by atoms with Crippen molar-refractivity contribution in [2.24, 2.45) is 35.5 Å². The normalized spacial score (nSPS) is 63.4. The van der Waals surface area contributed by atoms with Crippen molar-refractivity contribution in [2.75, 3.05) is 0 Å². The lowest BCUT2D eigenvalue weighted by Gasteiger charge is -2.64. The van der Waals surface area contributed by atoms with Gasteiger partial charge < -0.3 is 5.32 Å². The van der Waals surface area contributed by atoms with Crippen molar-refractivity contribution in [3.8, 4) is 0 Å². The van der Waals surface area contributed by atoms with Crippen molar-refractivity contribution >= 4 is 0 Å². The second kappa shape index (κ2) is 3.89. The third kappa shape index (κ3) is 1.79. The lowest BCUT2D eigenvalue weighted by molar-refractivity contribution is -0.0816. The Morgan fingerprint density at radius 1 is 0.429 bits per heavy atom. The van der Waals surface area contributed by atoms with Crippen LogP contribution in [0.25, 0.3) is 0 Å². The van der Waals surface area contributed by atoms with E-state index >= 15 is 0 Å². The summed E-state index contributed by atoms with van der Waals surface area (Å²) in [5.41, 5.74) is 1.20. The van der Waals surface area contributed by atoms with Gasteiger partial charge in [0.2, 0.25) is 0 Å². The summed E-state index contributed by atoms with van der Waals surface area (Å²) in [5.74, 6) is 6.57. The van der Waals surface area contributed by atoms with Crippen molar-refractivity contribution in [1.82, 2.24) is 5.32 Å². The van der Waals surface area contributed by atoms with Gasteiger partial charge in [-0.1, -0.05) is 0 Å². The number of hydrogen-bond acceptors (Lipinski definition) is 1. The highest BCUT2D eigenvalue weighted by molar-refractivity contribution is 5.14. The molecule has 0 radical (unpaired) electrons. The third-order valence-electron chi connectivity index (χ3n) is 8.61. The molecule has 1 heteroatoms. The summed E-state index contributed by atoms with van der Waals surface area (Å²) in [6.07, 6.45) is 18.8. The van der Waals surface area contributed by atoms with Crippen LogP contribution >= 0.6 is 0 Å². The summed E-state index contributed by atoms with van der Waals surface area (Å²) in [6.45, 7) is 0. The first-order chi connectivity index (χ1) is 10.2. The maximum atomic E-state index is 4.47. The van der Waals surface area contributed by atoms with Gasteiger partial charge in [-0.3, -0.25) is 0 Å². The van der Waals surface area contributed by atoms with Gasteiger partial charge in [-0.25, -0.2) is 0 Å². The highest BCUT2D eigenvalue weighted by atomic mass is 15.1. The summed E-state index contributed by atoms with van der Waals surface area (Å²) in [4.78, 5) is 0. The van der Waals surface area contributed by atoms with Crippen molar-refractivity contribution in [1.29, 1.82) is 0 Å². The van der Waals surface area contributed by atoms with Gasteiger partial charge in [-0.05, 0) is 113 Å². The molecule has 0 aliphatic heterocycles. The Balaban J connectivity index is 1.31. The van der Waals surface area contributed by atoms with Crippen LogP contribution in [0.2, 0.25) is 0 Å². The van der Waals surface area contributed by atoms with Crippen LogP contribution in [0.5, 0.6) is 0 Å². The molecule has 8 rings (SSSR count). The largest absolute Gasteiger partial charge is 0.306 e. The molecule has 0 aromatic heterocycles. The minimum absolute atomic E-state index is 0.598. The summed E-state index contributed by atoms with van der Waals surface area (Å²) < 4.78 is 0. The molecule has 21 heavy (non-hydrogen) atoms. The van der Waals surface area contributed by atoms with Crippen LogP contribution in [0, 0.1) is 35.5 Å². The minimum Gasteiger partial charge on any atom is -0.306 e. The quantitative estimate of drug-likeness (QED) is 0.787. The zero-order chi connectivity index (χ0) is 13.7. The average molecular weight is 285 g/mol. The second-order valence-electron chi connectivity index (χ2n) is 10.5. The van der Waals surface area contributed by atoms with Crippen molar-refractivity contribution in [3.63, 3.8) is 0 Å². The molecule has 8 aliphatic rings. The third-order valence-corrected chi connectivity index (χ3v) is 8.61. The molecule has 0 aromatic rings. The zero-order valence-corrected chi connectivity index (χ0v) is 13.4. The van der Waals surface area contributed by atoms with Crippen LogP contribution in [0.3, 0.4) is 0 Å². The van der Waals surface area contributed by atoms with Crippen LogP contribution in [0.1, 0.15) is 77.0 Å². The molecule has 8 aliphatic carbocycles. The van der Waals surface area contributed by atoms with Crippen LogP contribution in [-0.2, 0) is 0 Å². The summed E-state index contributed by atoms with van der Waals surface area (Å²) in [6, 6.07) is 0. The Labute approximate surface area is 129 Å². The molecule has 0 saturated heterocycles. The van der Waals surface area contributed by atoms with Crippen LogP contribution in [0.15, 0.2) is 0 Å². The number of rotatable bonds is 2. The van der Waals surface area contributed by atoms with Gasteiger partial charge in [0.15, 0.2) is 0 Å². The van der Waals surface area contributed by atoms with Gasteiger partial charge >= 0.3 is 0 Å². The average Bonchev–Trinajstić information content (AvgIpc) is 2.33. The van der Waals surface area contributed by atoms with Gasteiger partial charge in [0.1, 0.15) is 0 Å². The molecule has 0 aromatic carbocycles. The maximum absolute atomic E-state index is 4.47. The SMILES string of the molecule is C1C2CC3CC1CC(NC14CC5CC(CC(C5)C1)C4)(C2)C3. The van der Waals surface area contributed by atoms with E-state index in [1.165, 1.54) is 0 Å². The highest BCUT2D eigenvalue weighted by Crippen LogP contribution is 2.60. The second-order valence-corrected chi connectivity index (χ2v) is 10.5. The van der Waals surface area contributed by atoms with E-state index in [-0.39, 0.29) is 0 Å². The van der Waals surface area contributed by atoms with E-state index in [1.807, 2.05) is 0 Å². The highest BCUT2D eigenvalue weighted by Gasteiger charge is 2.57. The first-order valence-electron chi connectivity index (χ1n) is 9.97. The van der Waals surface area contributed by atoms with E-state index in [9.17, 15) is 0 Å². The monoisotopic (exact) mass is 285 g/mol. The Kier molecular flexibility index (Phi) is 2.29. The van der Waals surface area contributed by atoms with Crippen molar-refractivity contribution in [2.45, 2.75) is 88.1 Å². The molecule has 8 saturated carbocycles. The molecule has 0 unspecified atom stereocenters. The Bertz CT molecular complexity index is 352. The van der Waals surface area contributed by atoms with Gasteiger partial charge in [0, 0.05) is 11.1 Å². The topological polar surface area (TPSA) is 12.0 Å². The first-order valence-corrected chi connectivity index (χ1v) is 9.97. The molecule has 8 bridgehead atoms. The van der Waals surface area contributed by atoms with Gasteiger partial charge in [0.05, 0.1) is 0 Å². The molecule has 0 heterocycles.